The van der Waals surface area contributed by atoms with Gasteiger partial charge in [0.25, 0.3) is 0 Å². The van der Waals surface area contributed by atoms with Crippen molar-refractivity contribution in [1.82, 2.24) is 9.21 Å². The van der Waals surface area contributed by atoms with Crippen LogP contribution in [0.5, 0.6) is 0 Å². The number of hydrogen-bond donors (Lipinski definition) is 1. The van der Waals surface area contributed by atoms with E-state index in [0.29, 0.717) is 5.41 Å². The van der Waals surface area contributed by atoms with Crippen molar-refractivity contribution in [2.45, 2.75) is 6.42 Å². The summed E-state index contributed by atoms with van der Waals surface area (Å²) in [6, 6.07) is 0. The summed E-state index contributed by atoms with van der Waals surface area (Å²) in [5.74, 6) is 0. The summed E-state index contributed by atoms with van der Waals surface area (Å²) in [4.78, 5) is 2.28. The maximum absolute atomic E-state index is 11.5. The highest BCUT2D eigenvalue weighted by Crippen LogP contribution is 2.39. The monoisotopic (exact) mass is 203 g/mol. The average molecular weight is 203 g/mol. The van der Waals surface area contributed by atoms with E-state index in [2.05, 4.69) is 11.9 Å². The van der Waals surface area contributed by atoms with Crippen LogP contribution in [0.4, 0.5) is 0 Å². The third kappa shape index (κ3) is 1.60. The lowest BCUT2D eigenvalue weighted by Gasteiger charge is -2.46. The fourth-order valence-corrected chi connectivity index (χ4v) is 3.51. The van der Waals surface area contributed by atoms with E-state index in [1.165, 1.54) is 6.26 Å². The Morgan fingerprint density at radius 2 is 2.00 bits per heavy atom. The van der Waals surface area contributed by atoms with Crippen LogP contribution in [-0.4, -0.2) is 52.9 Å². The first-order valence-electron chi connectivity index (χ1n) is 4.59. The van der Waals surface area contributed by atoms with Crippen LogP contribution in [0.25, 0.3) is 0 Å². The second-order valence-electron chi connectivity index (χ2n) is 4.59. The van der Waals surface area contributed by atoms with E-state index >= 15 is 0 Å². The molecule has 1 N–H and O–H groups in total. The van der Waals surface area contributed by atoms with Gasteiger partial charge in [-0.2, -0.15) is 0 Å². The Bertz CT molecular complexity index is 305. The molecular weight excluding hydrogens is 186 g/mol. The van der Waals surface area contributed by atoms with E-state index in [-0.39, 0.29) is 0 Å². The second-order valence-corrected chi connectivity index (χ2v) is 6.71. The van der Waals surface area contributed by atoms with Gasteiger partial charge in [0.05, 0.1) is 0 Å². The van der Waals surface area contributed by atoms with Gasteiger partial charge in [-0.05, 0) is 13.5 Å². The summed E-state index contributed by atoms with van der Waals surface area (Å²) in [5.41, 5.74) is 0.370. The van der Waals surface area contributed by atoms with Gasteiger partial charge >= 0.3 is 0 Å². The Morgan fingerprint density at radius 1 is 1.38 bits per heavy atom. The predicted molar refractivity (Wildman–Crippen MR) is 52.9 cm³/mol. The maximum Gasteiger partial charge on any atom is 0.104 e. The molecule has 0 aromatic heterocycles. The van der Waals surface area contributed by atoms with Crippen LogP contribution in [0.3, 0.4) is 0 Å². The van der Waals surface area contributed by atoms with Gasteiger partial charge < -0.3 is 4.90 Å². The van der Waals surface area contributed by atoms with Crippen LogP contribution in [0.1, 0.15) is 6.42 Å². The van der Waals surface area contributed by atoms with Crippen molar-refractivity contribution in [3.05, 3.63) is 0 Å². The highest BCUT2D eigenvalue weighted by atomic mass is 32.2. The van der Waals surface area contributed by atoms with Crippen molar-refractivity contribution in [3.63, 3.8) is 0 Å². The topological polar surface area (TPSA) is 47.4 Å². The lowest BCUT2D eigenvalue weighted by molar-refractivity contribution is 0.0365. The van der Waals surface area contributed by atoms with Gasteiger partial charge in [0.1, 0.15) is 9.92 Å². The van der Waals surface area contributed by atoms with Crippen molar-refractivity contribution in [2.24, 2.45) is 5.41 Å². The summed E-state index contributed by atoms with van der Waals surface area (Å²) < 4.78 is 20.8. The van der Waals surface area contributed by atoms with E-state index in [9.17, 15) is 4.21 Å². The molecule has 1 unspecified atom stereocenters. The molecule has 2 aliphatic rings. The fraction of sp³-hybridized carbons (Fsp3) is 1.00. The zero-order chi connectivity index (χ0) is 9.69. The summed E-state index contributed by atoms with van der Waals surface area (Å²) in [6.45, 7) is 3.92. The standard InChI is InChI=1S/C8H17N3OS/c1-10-5-8(6-10)3-4-11(7-8)13(2,9)12/h9H,3-7H2,1-2H3. The van der Waals surface area contributed by atoms with E-state index in [0.717, 1.165) is 32.6 Å². The van der Waals surface area contributed by atoms with E-state index < -0.39 is 9.92 Å². The average Bonchev–Trinajstić information content (AvgIpc) is 2.29. The molecule has 0 amide bonds. The Labute approximate surface area is 80.0 Å². The van der Waals surface area contributed by atoms with Gasteiger partial charge in [-0.15, -0.1) is 0 Å². The largest absolute Gasteiger partial charge is 0.305 e. The molecule has 2 fully saturated rings. The quantitative estimate of drug-likeness (QED) is 0.662. The zero-order valence-electron chi connectivity index (χ0n) is 8.25. The smallest absolute Gasteiger partial charge is 0.104 e. The molecular formula is C8H17N3OS. The molecule has 1 atom stereocenters. The number of nitrogens with zero attached hydrogens (tertiary/aromatic N) is 2. The van der Waals surface area contributed by atoms with E-state index in [1.54, 1.807) is 0 Å². The SMILES string of the molecule is CN1CC2(CCN(S(C)(=N)=O)C2)C1. The molecule has 0 aromatic carbocycles. The van der Waals surface area contributed by atoms with Crippen molar-refractivity contribution in [1.29, 1.82) is 4.78 Å². The molecule has 5 heteroatoms. The van der Waals surface area contributed by atoms with Crippen LogP contribution in [0, 0.1) is 10.2 Å². The van der Waals surface area contributed by atoms with Crippen LogP contribution in [0.15, 0.2) is 0 Å². The van der Waals surface area contributed by atoms with Gasteiger partial charge in [0.15, 0.2) is 0 Å². The summed E-state index contributed by atoms with van der Waals surface area (Å²) in [6.07, 6.45) is 2.63. The van der Waals surface area contributed by atoms with Gasteiger partial charge in [-0.1, -0.05) is 0 Å². The summed E-state index contributed by atoms with van der Waals surface area (Å²) in [5, 5.41) is 0. The molecule has 1 spiro atoms. The summed E-state index contributed by atoms with van der Waals surface area (Å²) in [7, 11) is -0.343. The fourth-order valence-electron chi connectivity index (χ4n) is 2.55. The lowest BCUT2D eigenvalue weighted by Crippen LogP contribution is -2.55. The molecule has 0 bridgehead atoms. The lowest BCUT2D eigenvalue weighted by atomic mass is 9.80. The third-order valence-electron chi connectivity index (χ3n) is 3.11. The van der Waals surface area contributed by atoms with Crippen LogP contribution < -0.4 is 0 Å². The number of nitrogens with one attached hydrogen (secondary N) is 1. The molecule has 4 nitrogen and oxygen atoms in total. The molecule has 2 aliphatic heterocycles. The van der Waals surface area contributed by atoms with Gasteiger partial charge in [-0.3, -0.25) is 0 Å². The summed E-state index contributed by atoms with van der Waals surface area (Å²) >= 11 is 0. The van der Waals surface area contributed by atoms with Crippen LogP contribution in [0.2, 0.25) is 0 Å². The highest BCUT2D eigenvalue weighted by molar-refractivity contribution is 7.89. The number of hydrogen-bond acceptors (Lipinski definition) is 3. The molecule has 2 rings (SSSR count). The molecule has 0 aromatic rings. The molecule has 2 heterocycles. The first kappa shape index (κ1) is 9.43. The number of likely N-dealkylation sites (tertiary alicyclic amines) is 1. The van der Waals surface area contributed by atoms with Gasteiger partial charge in [0.2, 0.25) is 0 Å². The van der Waals surface area contributed by atoms with Gasteiger partial charge in [-0.25, -0.2) is 13.3 Å². The predicted octanol–water partition coefficient (Wildman–Crippen LogP) is 0.215. The molecule has 0 saturated carbocycles. The molecule has 13 heavy (non-hydrogen) atoms. The third-order valence-corrected chi connectivity index (χ3v) is 4.40. The van der Waals surface area contributed by atoms with Gasteiger partial charge in [0, 0.05) is 37.8 Å². The first-order valence-corrected chi connectivity index (χ1v) is 6.51. The molecule has 2 saturated heterocycles. The van der Waals surface area contributed by atoms with Crippen molar-refractivity contribution >= 4 is 9.92 Å². The Hall–Kier alpha value is -0.130. The van der Waals surface area contributed by atoms with Crippen LogP contribution in [-0.2, 0) is 9.92 Å². The minimum absolute atomic E-state index is 0.370. The van der Waals surface area contributed by atoms with Crippen molar-refractivity contribution < 1.29 is 4.21 Å². The molecule has 76 valence electrons. The Kier molecular flexibility index (Phi) is 1.94. The van der Waals surface area contributed by atoms with Crippen molar-refractivity contribution in [2.75, 3.05) is 39.5 Å². The normalized spacial score (nSPS) is 33.1. The van der Waals surface area contributed by atoms with E-state index in [1.807, 2.05) is 4.31 Å². The Balaban J connectivity index is 2.03. The molecule has 0 radical (unpaired) electrons. The van der Waals surface area contributed by atoms with E-state index in [4.69, 9.17) is 4.78 Å². The Morgan fingerprint density at radius 3 is 2.38 bits per heavy atom. The van der Waals surface area contributed by atoms with Crippen molar-refractivity contribution in [3.8, 4) is 0 Å². The highest BCUT2D eigenvalue weighted by Gasteiger charge is 2.47. The zero-order valence-corrected chi connectivity index (χ0v) is 9.06. The second kappa shape index (κ2) is 2.68. The first-order chi connectivity index (χ1) is 5.91. The minimum Gasteiger partial charge on any atom is -0.305 e. The van der Waals surface area contributed by atoms with Crippen LogP contribution >= 0.6 is 0 Å². The maximum atomic E-state index is 11.5. The minimum atomic E-state index is -2.45. The molecule has 0 aliphatic carbocycles. The number of rotatable bonds is 1.